The average molecular weight is 581 g/mol. The maximum absolute atomic E-state index is 13.0. The number of carbonyl (C=O) groups excluding carboxylic acids is 3. The smallest absolute Gasteiger partial charge is 0.310 e. The lowest BCUT2D eigenvalue weighted by atomic mass is 9.79. The van der Waals surface area contributed by atoms with Gasteiger partial charge < -0.3 is 15.4 Å². The summed E-state index contributed by atoms with van der Waals surface area (Å²) in [5.41, 5.74) is 1.68. The normalized spacial score (nSPS) is 30.8. The predicted octanol–water partition coefficient (Wildman–Crippen LogP) is 4.05. The lowest BCUT2D eigenvalue weighted by molar-refractivity contribution is -0.145. The molecular formula is C22H18BrIN2O4. The maximum Gasteiger partial charge on any atom is 0.310 e. The highest BCUT2D eigenvalue weighted by molar-refractivity contribution is 14.1. The van der Waals surface area contributed by atoms with Gasteiger partial charge in [-0.1, -0.05) is 22.0 Å². The molecule has 2 aromatic rings. The van der Waals surface area contributed by atoms with Gasteiger partial charge in [-0.05, 0) is 77.4 Å². The second kappa shape index (κ2) is 7.64. The summed E-state index contributed by atoms with van der Waals surface area (Å²) in [5.74, 6) is -1.27. The van der Waals surface area contributed by atoms with E-state index in [1.165, 1.54) is 0 Å². The van der Waals surface area contributed by atoms with E-state index >= 15 is 0 Å². The number of benzene rings is 2. The molecule has 8 heteroatoms. The van der Waals surface area contributed by atoms with Gasteiger partial charge in [0, 0.05) is 26.4 Å². The van der Waals surface area contributed by atoms with Gasteiger partial charge in [0.2, 0.25) is 5.91 Å². The molecule has 3 fully saturated rings. The molecule has 2 saturated carbocycles. The van der Waals surface area contributed by atoms with E-state index in [4.69, 9.17) is 4.74 Å². The van der Waals surface area contributed by atoms with E-state index in [-0.39, 0.29) is 46.5 Å². The molecule has 6 atom stereocenters. The van der Waals surface area contributed by atoms with Crippen LogP contribution in [0, 0.1) is 27.2 Å². The molecule has 2 bridgehead atoms. The quantitative estimate of drug-likeness (QED) is 0.325. The van der Waals surface area contributed by atoms with Gasteiger partial charge >= 0.3 is 5.97 Å². The van der Waals surface area contributed by atoms with E-state index < -0.39 is 5.92 Å². The monoisotopic (exact) mass is 580 g/mol. The molecule has 5 rings (SSSR count). The van der Waals surface area contributed by atoms with Crippen LogP contribution in [0.1, 0.15) is 16.8 Å². The fourth-order valence-electron chi connectivity index (χ4n) is 5.03. The topological polar surface area (TPSA) is 84.5 Å². The minimum atomic E-state index is -0.408. The Kier molecular flexibility index (Phi) is 5.09. The lowest BCUT2D eigenvalue weighted by Crippen LogP contribution is -2.40. The number of anilines is 2. The Labute approximate surface area is 195 Å². The number of fused-ring (bicyclic) bond motifs is 1. The van der Waals surface area contributed by atoms with Crippen molar-refractivity contribution in [1.29, 1.82) is 0 Å². The number of rotatable bonds is 4. The van der Waals surface area contributed by atoms with Crippen molar-refractivity contribution in [2.45, 2.75) is 17.4 Å². The molecule has 0 spiro atoms. The summed E-state index contributed by atoms with van der Waals surface area (Å²) in [4.78, 5) is 37.9. The average Bonchev–Trinajstić information content (AvgIpc) is 3.34. The Morgan fingerprint density at radius 2 is 1.80 bits per heavy atom. The van der Waals surface area contributed by atoms with Gasteiger partial charge in [-0.15, -0.1) is 0 Å². The van der Waals surface area contributed by atoms with Crippen molar-refractivity contribution in [3.63, 3.8) is 0 Å². The molecule has 6 nitrogen and oxygen atoms in total. The Morgan fingerprint density at radius 3 is 2.57 bits per heavy atom. The number of hydrogen-bond acceptors (Lipinski definition) is 4. The van der Waals surface area contributed by atoms with E-state index in [1.807, 2.05) is 24.3 Å². The number of alkyl halides is 1. The van der Waals surface area contributed by atoms with Crippen LogP contribution in [0.15, 0.2) is 48.5 Å². The summed E-state index contributed by atoms with van der Waals surface area (Å²) >= 11 is 5.83. The maximum atomic E-state index is 13.0. The summed E-state index contributed by atoms with van der Waals surface area (Å²) in [7, 11) is 0. The van der Waals surface area contributed by atoms with Crippen molar-refractivity contribution >= 4 is 67.7 Å². The Hall–Kier alpha value is -1.94. The number of carbonyl (C=O) groups is 3. The number of nitrogens with one attached hydrogen (secondary N) is 2. The van der Waals surface area contributed by atoms with Crippen LogP contribution in [-0.2, 0) is 14.3 Å². The highest BCUT2D eigenvalue weighted by atomic mass is 127. The van der Waals surface area contributed by atoms with Crippen molar-refractivity contribution in [2.75, 3.05) is 10.6 Å². The fourth-order valence-corrected chi connectivity index (χ4v) is 6.43. The SMILES string of the molecule is O=C(Nc1ccc(I)cc1)c1cccc(NC(=O)[C@@H]2[C@H]3C[C@H]4[C@H](OC(=O)[C@@H]42)[C@@H]3Br)c1. The van der Waals surface area contributed by atoms with Gasteiger partial charge in [-0.3, -0.25) is 14.4 Å². The third-order valence-corrected chi connectivity index (χ3v) is 8.24. The van der Waals surface area contributed by atoms with Crippen LogP contribution in [0.25, 0.3) is 0 Å². The van der Waals surface area contributed by atoms with Gasteiger partial charge in [0.05, 0.1) is 16.7 Å². The van der Waals surface area contributed by atoms with E-state index in [0.717, 1.165) is 9.99 Å². The number of esters is 1. The molecule has 2 amide bonds. The first-order chi connectivity index (χ1) is 14.4. The van der Waals surface area contributed by atoms with E-state index in [9.17, 15) is 14.4 Å². The molecule has 3 aliphatic rings. The summed E-state index contributed by atoms with van der Waals surface area (Å²) in [6.07, 6.45) is 0.720. The minimum Gasteiger partial charge on any atom is -0.461 e. The molecule has 2 aliphatic carbocycles. The van der Waals surface area contributed by atoms with Gasteiger partial charge in [0.1, 0.15) is 6.10 Å². The second-order valence-corrected chi connectivity index (χ2v) is 10.3. The van der Waals surface area contributed by atoms with Crippen LogP contribution >= 0.6 is 38.5 Å². The van der Waals surface area contributed by atoms with Crippen molar-refractivity contribution < 1.29 is 19.1 Å². The number of hydrogen-bond donors (Lipinski definition) is 2. The highest BCUT2D eigenvalue weighted by Gasteiger charge is 2.67. The Morgan fingerprint density at radius 1 is 1.03 bits per heavy atom. The molecule has 1 heterocycles. The molecule has 0 unspecified atom stereocenters. The Balaban J connectivity index is 1.30. The zero-order chi connectivity index (χ0) is 21.0. The molecule has 30 heavy (non-hydrogen) atoms. The summed E-state index contributed by atoms with van der Waals surface area (Å²) < 4.78 is 6.56. The van der Waals surface area contributed by atoms with E-state index in [1.54, 1.807) is 24.3 Å². The molecular weight excluding hydrogens is 563 g/mol. The minimum absolute atomic E-state index is 0.0204. The van der Waals surface area contributed by atoms with Crippen molar-refractivity contribution in [3.8, 4) is 0 Å². The second-order valence-electron chi connectivity index (χ2n) is 7.99. The number of ether oxygens (including phenoxy) is 1. The summed E-state index contributed by atoms with van der Waals surface area (Å²) in [6, 6.07) is 14.3. The highest BCUT2D eigenvalue weighted by Crippen LogP contribution is 2.60. The number of halogens is 2. The van der Waals surface area contributed by atoms with Crippen LogP contribution in [0.5, 0.6) is 0 Å². The van der Waals surface area contributed by atoms with Gasteiger partial charge in [0.25, 0.3) is 5.91 Å². The van der Waals surface area contributed by atoms with Crippen LogP contribution in [-0.4, -0.2) is 28.7 Å². The fraction of sp³-hybridized carbons (Fsp3) is 0.318. The molecule has 1 saturated heterocycles. The van der Waals surface area contributed by atoms with Gasteiger partial charge in [-0.25, -0.2) is 0 Å². The first kappa shape index (κ1) is 20.0. The van der Waals surface area contributed by atoms with E-state index in [2.05, 4.69) is 49.2 Å². The third kappa shape index (κ3) is 3.33. The van der Waals surface area contributed by atoms with Crippen LogP contribution in [0.2, 0.25) is 0 Å². The molecule has 0 radical (unpaired) electrons. The molecule has 0 aromatic heterocycles. The summed E-state index contributed by atoms with van der Waals surface area (Å²) in [5, 5.41) is 5.76. The lowest BCUT2D eigenvalue weighted by Gasteiger charge is -2.27. The molecule has 154 valence electrons. The van der Waals surface area contributed by atoms with Crippen molar-refractivity contribution in [3.05, 3.63) is 57.7 Å². The third-order valence-electron chi connectivity index (χ3n) is 6.32. The standard InChI is InChI=1S/C22H18BrIN2O4/c23-18-14-9-15-17(22(29)30-19(15)18)16(14)21(28)26-13-3-1-2-10(8-13)20(27)25-12-6-4-11(24)5-7-12/h1-8,14-19H,9H2,(H,25,27)(H,26,28)/t14-,15-,16-,17+,18-,19+/m1/s1. The zero-order valence-corrected chi connectivity index (χ0v) is 19.4. The van der Waals surface area contributed by atoms with Crippen LogP contribution < -0.4 is 10.6 Å². The molecule has 2 N–H and O–H groups in total. The van der Waals surface area contributed by atoms with Crippen molar-refractivity contribution in [2.24, 2.45) is 23.7 Å². The predicted molar refractivity (Wildman–Crippen MR) is 123 cm³/mol. The first-order valence-electron chi connectivity index (χ1n) is 9.75. The van der Waals surface area contributed by atoms with Crippen molar-refractivity contribution in [1.82, 2.24) is 0 Å². The first-order valence-corrected chi connectivity index (χ1v) is 11.7. The summed E-state index contributed by atoms with van der Waals surface area (Å²) in [6.45, 7) is 0. The van der Waals surface area contributed by atoms with Gasteiger partial charge in [0.15, 0.2) is 0 Å². The van der Waals surface area contributed by atoms with E-state index in [0.29, 0.717) is 16.9 Å². The van der Waals surface area contributed by atoms with Crippen LogP contribution in [0.3, 0.4) is 0 Å². The largest absolute Gasteiger partial charge is 0.461 e. The molecule has 2 aromatic carbocycles. The van der Waals surface area contributed by atoms with Gasteiger partial charge in [-0.2, -0.15) is 0 Å². The molecule has 1 aliphatic heterocycles. The Bertz CT molecular complexity index is 1040. The van der Waals surface area contributed by atoms with Crippen LogP contribution in [0.4, 0.5) is 11.4 Å². The number of amides is 2. The zero-order valence-electron chi connectivity index (χ0n) is 15.7.